The molecule has 0 aliphatic rings. The molecule has 1 unspecified atom stereocenters. The summed E-state index contributed by atoms with van der Waals surface area (Å²) in [6, 6.07) is 8.41. The van der Waals surface area contributed by atoms with Crippen LogP contribution < -0.4 is 10.5 Å². The van der Waals surface area contributed by atoms with Crippen LogP contribution in [0.5, 0.6) is 5.75 Å². The molecule has 1 rings (SSSR count). The Bertz CT molecular complexity index is 373. The Morgan fingerprint density at radius 2 is 1.70 bits per heavy atom. The summed E-state index contributed by atoms with van der Waals surface area (Å²) in [6.45, 7) is 13.3. The van der Waals surface area contributed by atoms with Gasteiger partial charge in [0.1, 0.15) is 5.75 Å². The van der Waals surface area contributed by atoms with E-state index in [1.165, 1.54) is 5.56 Å². The van der Waals surface area contributed by atoms with E-state index in [-0.39, 0.29) is 5.41 Å². The quantitative estimate of drug-likeness (QED) is 0.755. The van der Waals surface area contributed by atoms with E-state index in [4.69, 9.17) is 10.5 Å². The summed E-state index contributed by atoms with van der Waals surface area (Å²) in [5.74, 6) is 0.939. The first-order chi connectivity index (χ1) is 9.56. The van der Waals surface area contributed by atoms with Crippen molar-refractivity contribution in [3.8, 4) is 5.75 Å². The summed E-state index contributed by atoms with van der Waals surface area (Å²) < 4.78 is 5.48. The van der Waals surface area contributed by atoms with Gasteiger partial charge in [-0.15, -0.1) is 0 Å². The average molecular weight is 278 g/mol. The van der Waals surface area contributed by atoms with Crippen LogP contribution in [0.15, 0.2) is 24.3 Å². The van der Waals surface area contributed by atoms with E-state index in [2.05, 4.69) is 37.8 Å². The van der Waals surface area contributed by atoms with Crippen molar-refractivity contribution in [3.05, 3.63) is 29.8 Å². The fourth-order valence-corrected chi connectivity index (χ4v) is 2.54. The Labute approximate surface area is 124 Å². The minimum atomic E-state index is 0.124. The van der Waals surface area contributed by atoms with Gasteiger partial charge in [-0.05, 0) is 56.1 Å². The van der Waals surface area contributed by atoms with Gasteiger partial charge in [0.2, 0.25) is 0 Å². The van der Waals surface area contributed by atoms with E-state index >= 15 is 0 Å². The maximum Gasteiger partial charge on any atom is 0.119 e. The van der Waals surface area contributed by atoms with Crippen molar-refractivity contribution in [3.63, 3.8) is 0 Å². The largest absolute Gasteiger partial charge is 0.494 e. The molecule has 1 atom stereocenters. The zero-order valence-electron chi connectivity index (χ0n) is 13.5. The van der Waals surface area contributed by atoms with Gasteiger partial charge in [0.15, 0.2) is 0 Å². The standard InChI is InChI=1S/C17H30N2O/c1-5-19(6-2)14-17(4,13-18)12-15-8-10-16(11-9-15)20-7-3/h8-11H,5-7,12-14,18H2,1-4H3. The molecule has 0 aliphatic heterocycles. The predicted octanol–water partition coefficient (Wildman–Crippen LogP) is 2.93. The van der Waals surface area contributed by atoms with Crippen molar-refractivity contribution in [2.45, 2.75) is 34.1 Å². The monoisotopic (exact) mass is 278 g/mol. The summed E-state index contributed by atoms with van der Waals surface area (Å²) in [6.07, 6.45) is 1.01. The molecule has 0 spiro atoms. The van der Waals surface area contributed by atoms with Crippen molar-refractivity contribution in [2.75, 3.05) is 32.8 Å². The molecule has 114 valence electrons. The molecular weight excluding hydrogens is 248 g/mol. The maximum atomic E-state index is 6.04. The van der Waals surface area contributed by atoms with E-state index in [9.17, 15) is 0 Å². The summed E-state index contributed by atoms with van der Waals surface area (Å²) in [4.78, 5) is 2.45. The molecule has 0 saturated carbocycles. The van der Waals surface area contributed by atoms with Crippen molar-refractivity contribution in [2.24, 2.45) is 11.1 Å². The van der Waals surface area contributed by atoms with Gasteiger partial charge < -0.3 is 15.4 Å². The van der Waals surface area contributed by atoms with Gasteiger partial charge in [0, 0.05) is 6.54 Å². The molecule has 1 aromatic carbocycles. The van der Waals surface area contributed by atoms with Gasteiger partial charge in [0.05, 0.1) is 6.61 Å². The number of hydrogen-bond donors (Lipinski definition) is 1. The Hall–Kier alpha value is -1.06. The molecule has 0 saturated heterocycles. The van der Waals surface area contributed by atoms with Gasteiger partial charge in [-0.1, -0.05) is 32.9 Å². The minimum Gasteiger partial charge on any atom is -0.494 e. The van der Waals surface area contributed by atoms with Crippen molar-refractivity contribution in [1.82, 2.24) is 4.90 Å². The molecule has 0 amide bonds. The van der Waals surface area contributed by atoms with Gasteiger partial charge in [-0.25, -0.2) is 0 Å². The van der Waals surface area contributed by atoms with Gasteiger partial charge in [-0.2, -0.15) is 0 Å². The van der Waals surface area contributed by atoms with Crippen LogP contribution in [0, 0.1) is 5.41 Å². The normalized spacial score (nSPS) is 14.3. The third-order valence-corrected chi connectivity index (χ3v) is 3.86. The van der Waals surface area contributed by atoms with Crippen LogP contribution >= 0.6 is 0 Å². The van der Waals surface area contributed by atoms with Crippen LogP contribution in [0.2, 0.25) is 0 Å². The van der Waals surface area contributed by atoms with E-state index < -0.39 is 0 Å². The highest BCUT2D eigenvalue weighted by atomic mass is 16.5. The van der Waals surface area contributed by atoms with Crippen LogP contribution in [0.3, 0.4) is 0 Å². The molecule has 0 aliphatic carbocycles. The van der Waals surface area contributed by atoms with Crippen LogP contribution in [0.25, 0.3) is 0 Å². The van der Waals surface area contributed by atoms with Crippen LogP contribution in [0.4, 0.5) is 0 Å². The number of nitrogens with two attached hydrogens (primary N) is 1. The molecule has 0 fully saturated rings. The Balaban J connectivity index is 2.70. The number of ether oxygens (including phenoxy) is 1. The zero-order chi connectivity index (χ0) is 15.0. The van der Waals surface area contributed by atoms with Gasteiger partial charge in [0.25, 0.3) is 0 Å². The number of benzene rings is 1. The SMILES string of the molecule is CCOc1ccc(CC(C)(CN)CN(CC)CC)cc1. The second kappa shape index (κ2) is 8.28. The molecule has 0 bridgehead atoms. The number of hydrogen-bond acceptors (Lipinski definition) is 3. The van der Waals surface area contributed by atoms with E-state index in [0.29, 0.717) is 13.2 Å². The lowest BCUT2D eigenvalue weighted by Crippen LogP contribution is -2.42. The van der Waals surface area contributed by atoms with Crippen LogP contribution in [0.1, 0.15) is 33.3 Å². The highest BCUT2D eigenvalue weighted by molar-refractivity contribution is 5.28. The Morgan fingerprint density at radius 3 is 2.15 bits per heavy atom. The minimum absolute atomic E-state index is 0.124. The topological polar surface area (TPSA) is 38.5 Å². The number of nitrogens with zero attached hydrogens (tertiary/aromatic N) is 1. The molecule has 0 heterocycles. The first kappa shape index (κ1) is 17.0. The van der Waals surface area contributed by atoms with Crippen LogP contribution in [-0.2, 0) is 6.42 Å². The summed E-state index contributed by atoms with van der Waals surface area (Å²) >= 11 is 0. The lowest BCUT2D eigenvalue weighted by Gasteiger charge is -2.34. The predicted molar refractivity (Wildman–Crippen MR) is 86.3 cm³/mol. The summed E-state index contributed by atoms with van der Waals surface area (Å²) in [7, 11) is 0. The second-order valence-corrected chi connectivity index (χ2v) is 5.73. The lowest BCUT2D eigenvalue weighted by atomic mass is 9.83. The third kappa shape index (κ3) is 5.14. The molecule has 20 heavy (non-hydrogen) atoms. The Kier molecular flexibility index (Phi) is 7.03. The highest BCUT2D eigenvalue weighted by Crippen LogP contribution is 2.24. The van der Waals surface area contributed by atoms with Gasteiger partial charge >= 0.3 is 0 Å². The van der Waals surface area contributed by atoms with E-state index in [0.717, 1.165) is 31.8 Å². The molecule has 3 heteroatoms. The fourth-order valence-electron chi connectivity index (χ4n) is 2.54. The zero-order valence-corrected chi connectivity index (χ0v) is 13.5. The van der Waals surface area contributed by atoms with E-state index in [1.54, 1.807) is 0 Å². The molecule has 1 aromatic rings. The molecule has 0 aromatic heterocycles. The average Bonchev–Trinajstić information content (AvgIpc) is 2.47. The van der Waals surface area contributed by atoms with Crippen molar-refractivity contribution < 1.29 is 4.74 Å². The lowest BCUT2D eigenvalue weighted by molar-refractivity contribution is 0.181. The summed E-state index contributed by atoms with van der Waals surface area (Å²) in [5, 5.41) is 0. The number of rotatable bonds is 9. The fraction of sp³-hybridized carbons (Fsp3) is 0.647. The Morgan fingerprint density at radius 1 is 1.10 bits per heavy atom. The molecule has 2 N–H and O–H groups in total. The first-order valence-corrected chi connectivity index (χ1v) is 7.71. The second-order valence-electron chi connectivity index (χ2n) is 5.73. The molecule has 0 radical (unpaired) electrons. The van der Waals surface area contributed by atoms with Crippen LogP contribution in [-0.4, -0.2) is 37.7 Å². The third-order valence-electron chi connectivity index (χ3n) is 3.86. The highest BCUT2D eigenvalue weighted by Gasteiger charge is 2.25. The summed E-state index contributed by atoms with van der Waals surface area (Å²) in [5.41, 5.74) is 7.49. The van der Waals surface area contributed by atoms with Crippen molar-refractivity contribution in [1.29, 1.82) is 0 Å². The van der Waals surface area contributed by atoms with Gasteiger partial charge in [-0.3, -0.25) is 0 Å². The van der Waals surface area contributed by atoms with E-state index in [1.807, 2.05) is 19.1 Å². The smallest absolute Gasteiger partial charge is 0.119 e. The maximum absolute atomic E-state index is 6.04. The van der Waals surface area contributed by atoms with Crippen molar-refractivity contribution >= 4 is 0 Å². The molecule has 3 nitrogen and oxygen atoms in total. The molecular formula is C17H30N2O. The first-order valence-electron chi connectivity index (χ1n) is 7.71.